The molecule has 1 aliphatic heterocycles. The summed E-state index contributed by atoms with van der Waals surface area (Å²) in [5, 5.41) is 24.5. The number of carboxylic acid groups (broad SMARTS) is 1. The molecule has 0 saturated carbocycles. The number of nitrogens with one attached hydrogen (secondary N) is 2. The van der Waals surface area contributed by atoms with Gasteiger partial charge < -0.3 is 37.2 Å². The van der Waals surface area contributed by atoms with Crippen LogP contribution in [0.2, 0.25) is 0 Å². The SMILES string of the molecule is CC(C)C(NC(=O)C(N)CCCCN)C(=O)NC(C(=O)N1CCCC1C(=O)O)C(C)O. The third-order valence-electron chi connectivity index (χ3n) is 5.42. The van der Waals surface area contributed by atoms with Crippen LogP contribution in [0.5, 0.6) is 0 Å². The van der Waals surface area contributed by atoms with E-state index in [0.717, 1.165) is 11.3 Å². The van der Waals surface area contributed by atoms with E-state index >= 15 is 0 Å². The van der Waals surface area contributed by atoms with Gasteiger partial charge in [-0.3, -0.25) is 14.4 Å². The van der Waals surface area contributed by atoms with E-state index in [1.807, 2.05) is 0 Å². The monoisotopic (exact) mass is 443 g/mol. The van der Waals surface area contributed by atoms with Gasteiger partial charge in [0.05, 0.1) is 12.1 Å². The quantitative estimate of drug-likeness (QED) is 0.197. The van der Waals surface area contributed by atoms with Crippen LogP contribution in [0.15, 0.2) is 0 Å². The smallest absolute Gasteiger partial charge is 0.326 e. The molecule has 11 heteroatoms. The fourth-order valence-electron chi connectivity index (χ4n) is 3.53. The van der Waals surface area contributed by atoms with Crippen LogP contribution in [0.4, 0.5) is 0 Å². The van der Waals surface area contributed by atoms with E-state index in [4.69, 9.17) is 11.5 Å². The Hall–Kier alpha value is -2.24. The van der Waals surface area contributed by atoms with Crippen molar-refractivity contribution in [3.05, 3.63) is 0 Å². The zero-order chi connectivity index (χ0) is 23.7. The number of likely N-dealkylation sites (tertiary alicyclic amines) is 1. The third kappa shape index (κ3) is 7.75. The second-order valence-electron chi connectivity index (χ2n) is 8.38. The van der Waals surface area contributed by atoms with Crippen molar-refractivity contribution in [1.82, 2.24) is 15.5 Å². The van der Waals surface area contributed by atoms with E-state index in [1.54, 1.807) is 13.8 Å². The van der Waals surface area contributed by atoms with Gasteiger partial charge in [-0.2, -0.15) is 0 Å². The number of unbranched alkanes of at least 4 members (excludes halogenated alkanes) is 1. The second-order valence-corrected chi connectivity index (χ2v) is 8.38. The number of aliphatic carboxylic acids is 1. The van der Waals surface area contributed by atoms with Gasteiger partial charge in [-0.05, 0) is 45.1 Å². The molecule has 1 fully saturated rings. The van der Waals surface area contributed by atoms with Crippen molar-refractivity contribution in [2.24, 2.45) is 17.4 Å². The summed E-state index contributed by atoms with van der Waals surface area (Å²) in [6.45, 7) is 5.52. The minimum absolute atomic E-state index is 0.233. The van der Waals surface area contributed by atoms with Gasteiger partial charge in [0.1, 0.15) is 18.1 Å². The first kappa shape index (κ1) is 26.8. The molecule has 8 N–H and O–H groups in total. The maximum absolute atomic E-state index is 12.9. The molecule has 31 heavy (non-hydrogen) atoms. The molecule has 0 radical (unpaired) electrons. The summed E-state index contributed by atoms with van der Waals surface area (Å²) in [4.78, 5) is 50.7. The molecule has 5 unspecified atom stereocenters. The van der Waals surface area contributed by atoms with E-state index in [0.29, 0.717) is 32.2 Å². The first-order valence-corrected chi connectivity index (χ1v) is 10.8. The lowest BCUT2D eigenvalue weighted by Gasteiger charge is -2.31. The number of amides is 3. The van der Waals surface area contributed by atoms with Crippen LogP contribution in [-0.2, 0) is 19.2 Å². The maximum atomic E-state index is 12.9. The summed E-state index contributed by atoms with van der Waals surface area (Å²) in [7, 11) is 0. The number of carbonyl (C=O) groups excluding carboxylic acids is 3. The molecule has 0 aromatic rings. The Bertz CT molecular complexity index is 642. The number of nitrogens with two attached hydrogens (primary N) is 2. The van der Waals surface area contributed by atoms with Gasteiger partial charge in [-0.1, -0.05) is 20.3 Å². The predicted octanol–water partition coefficient (Wildman–Crippen LogP) is -1.48. The van der Waals surface area contributed by atoms with E-state index in [2.05, 4.69) is 10.6 Å². The minimum Gasteiger partial charge on any atom is -0.480 e. The van der Waals surface area contributed by atoms with E-state index < -0.39 is 54.0 Å². The lowest BCUT2D eigenvalue weighted by Crippen LogP contribution is -2.60. The number of rotatable bonds is 12. The summed E-state index contributed by atoms with van der Waals surface area (Å²) in [5.74, 6) is -3.25. The Morgan fingerprint density at radius 1 is 1.06 bits per heavy atom. The summed E-state index contributed by atoms with van der Waals surface area (Å²) in [5.41, 5.74) is 11.3. The van der Waals surface area contributed by atoms with Crippen LogP contribution >= 0.6 is 0 Å². The van der Waals surface area contributed by atoms with Crippen molar-refractivity contribution < 1.29 is 29.4 Å². The first-order chi connectivity index (χ1) is 14.5. The van der Waals surface area contributed by atoms with Gasteiger partial charge in [0.25, 0.3) is 0 Å². The highest BCUT2D eigenvalue weighted by Crippen LogP contribution is 2.19. The van der Waals surface area contributed by atoms with Crippen molar-refractivity contribution in [3.8, 4) is 0 Å². The van der Waals surface area contributed by atoms with Crippen LogP contribution in [0.3, 0.4) is 0 Å². The van der Waals surface area contributed by atoms with Crippen LogP contribution in [0.25, 0.3) is 0 Å². The molecule has 3 amide bonds. The number of aliphatic hydroxyl groups excluding tert-OH is 1. The lowest BCUT2D eigenvalue weighted by atomic mass is 10.0. The van der Waals surface area contributed by atoms with Crippen LogP contribution in [0.1, 0.15) is 52.9 Å². The zero-order valence-corrected chi connectivity index (χ0v) is 18.5. The topological polar surface area (TPSA) is 188 Å². The van der Waals surface area contributed by atoms with Crippen molar-refractivity contribution in [2.45, 2.75) is 83.1 Å². The molecule has 0 bridgehead atoms. The number of hydrogen-bond donors (Lipinski definition) is 6. The molecule has 1 heterocycles. The van der Waals surface area contributed by atoms with Gasteiger partial charge in [0.15, 0.2) is 0 Å². The standard InChI is InChI=1S/C20H37N5O6/c1-11(2)15(23-17(27)13(22)7-4-5-9-21)18(28)24-16(12(3)26)19(29)25-10-6-8-14(25)20(30)31/h11-16,26H,4-10,21-22H2,1-3H3,(H,23,27)(H,24,28)(H,30,31). The number of hydrogen-bond acceptors (Lipinski definition) is 7. The fourth-order valence-corrected chi connectivity index (χ4v) is 3.53. The summed E-state index contributed by atoms with van der Waals surface area (Å²) in [6, 6.07) is -4.09. The van der Waals surface area contributed by atoms with Crippen molar-refractivity contribution in [1.29, 1.82) is 0 Å². The zero-order valence-electron chi connectivity index (χ0n) is 18.5. The molecule has 0 spiro atoms. The molecule has 5 atom stereocenters. The number of aliphatic hydroxyl groups is 1. The molecule has 1 rings (SSSR count). The van der Waals surface area contributed by atoms with Gasteiger partial charge in [-0.15, -0.1) is 0 Å². The molecule has 0 aromatic carbocycles. The Kier molecular flexibility index (Phi) is 10.9. The average Bonchev–Trinajstić information content (AvgIpc) is 3.19. The Labute approximate surface area is 182 Å². The van der Waals surface area contributed by atoms with Crippen molar-refractivity contribution >= 4 is 23.7 Å². The van der Waals surface area contributed by atoms with Gasteiger partial charge in [0.2, 0.25) is 17.7 Å². The first-order valence-electron chi connectivity index (χ1n) is 10.8. The number of nitrogens with zero attached hydrogens (tertiary/aromatic N) is 1. The molecular weight excluding hydrogens is 406 g/mol. The largest absolute Gasteiger partial charge is 0.480 e. The molecule has 178 valence electrons. The van der Waals surface area contributed by atoms with E-state index in [-0.39, 0.29) is 12.5 Å². The average molecular weight is 444 g/mol. The number of carbonyl (C=O) groups is 4. The van der Waals surface area contributed by atoms with E-state index in [9.17, 15) is 29.4 Å². The Morgan fingerprint density at radius 2 is 1.68 bits per heavy atom. The summed E-state index contributed by atoms with van der Waals surface area (Å²) >= 11 is 0. The Balaban J connectivity index is 2.86. The molecule has 0 aromatic heterocycles. The normalized spacial score (nSPS) is 20.1. The lowest BCUT2D eigenvalue weighted by molar-refractivity contribution is -0.150. The highest BCUT2D eigenvalue weighted by Gasteiger charge is 2.40. The maximum Gasteiger partial charge on any atom is 0.326 e. The summed E-state index contributed by atoms with van der Waals surface area (Å²) < 4.78 is 0. The van der Waals surface area contributed by atoms with Crippen LogP contribution < -0.4 is 22.1 Å². The molecule has 0 aliphatic carbocycles. The highest BCUT2D eigenvalue weighted by molar-refractivity contribution is 5.94. The molecule has 1 aliphatic rings. The van der Waals surface area contributed by atoms with Crippen molar-refractivity contribution in [3.63, 3.8) is 0 Å². The van der Waals surface area contributed by atoms with Crippen molar-refractivity contribution in [2.75, 3.05) is 13.1 Å². The third-order valence-corrected chi connectivity index (χ3v) is 5.42. The van der Waals surface area contributed by atoms with Crippen LogP contribution in [-0.4, -0.2) is 82.2 Å². The summed E-state index contributed by atoms with van der Waals surface area (Å²) in [6.07, 6.45) is 1.43. The predicted molar refractivity (Wildman–Crippen MR) is 114 cm³/mol. The fraction of sp³-hybridized carbons (Fsp3) is 0.800. The number of carboxylic acids is 1. The molecule has 1 saturated heterocycles. The van der Waals surface area contributed by atoms with Crippen LogP contribution in [0, 0.1) is 5.92 Å². The second kappa shape index (κ2) is 12.6. The Morgan fingerprint density at radius 3 is 2.19 bits per heavy atom. The molecular formula is C20H37N5O6. The van der Waals surface area contributed by atoms with Gasteiger partial charge >= 0.3 is 5.97 Å². The van der Waals surface area contributed by atoms with E-state index in [1.165, 1.54) is 6.92 Å². The minimum atomic E-state index is -1.33. The van der Waals surface area contributed by atoms with Gasteiger partial charge in [0, 0.05) is 6.54 Å². The molecule has 11 nitrogen and oxygen atoms in total. The highest BCUT2D eigenvalue weighted by atomic mass is 16.4. The van der Waals surface area contributed by atoms with Gasteiger partial charge in [-0.25, -0.2) is 4.79 Å².